The fourth-order valence-electron chi connectivity index (χ4n) is 1.63. The number of nitrogens with one attached hydrogen (secondary N) is 2. The smallest absolute Gasteiger partial charge is 0.260 e. The van der Waals surface area contributed by atoms with Gasteiger partial charge in [-0.1, -0.05) is 24.9 Å². The predicted octanol–water partition coefficient (Wildman–Crippen LogP) is 2.25. The predicted molar refractivity (Wildman–Crippen MR) is 74.2 cm³/mol. The number of rotatable bonds is 4. The van der Waals surface area contributed by atoms with E-state index in [1.54, 1.807) is 6.07 Å². The van der Waals surface area contributed by atoms with Crippen molar-refractivity contribution in [3.05, 3.63) is 34.7 Å². The molecule has 0 aliphatic heterocycles. The molecule has 0 radical (unpaired) electrons. The van der Waals surface area contributed by atoms with Crippen LogP contribution in [0.15, 0.2) is 18.3 Å². The molecule has 0 aliphatic rings. The van der Waals surface area contributed by atoms with Crippen molar-refractivity contribution in [2.45, 2.75) is 19.8 Å². The monoisotopic (exact) mass is 279 g/mol. The van der Waals surface area contributed by atoms with Gasteiger partial charge in [-0.05, 0) is 12.5 Å². The first-order valence-electron chi connectivity index (χ1n) is 5.86. The number of halogens is 1. The minimum atomic E-state index is -0.389. The number of nitrogen functional groups attached to an aromatic ring is 1. The van der Waals surface area contributed by atoms with Gasteiger partial charge >= 0.3 is 0 Å². The molecule has 4 N–H and O–H groups in total. The number of hydrogen-bond acceptors (Lipinski definition) is 4. The highest BCUT2D eigenvalue weighted by Crippen LogP contribution is 2.17. The third kappa shape index (κ3) is 3.23. The van der Waals surface area contributed by atoms with Crippen LogP contribution in [0.5, 0.6) is 0 Å². The topological polar surface area (TPSA) is 96.7 Å². The summed E-state index contributed by atoms with van der Waals surface area (Å²) in [7, 11) is 0. The fourth-order valence-corrected chi connectivity index (χ4v) is 1.82. The maximum absolute atomic E-state index is 12.0. The van der Waals surface area contributed by atoms with Crippen LogP contribution in [0.1, 0.15) is 29.4 Å². The lowest BCUT2D eigenvalue weighted by atomic mass is 10.2. The molecule has 7 heteroatoms. The molecular formula is C12H14ClN5O. The zero-order chi connectivity index (χ0) is 13.8. The van der Waals surface area contributed by atoms with Crippen molar-refractivity contribution >= 4 is 29.0 Å². The summed E-state index contributed by atoms with van der Waals surface area (Å²) in [6.45, 7) is 2.07. The van der Waals surface area contributed by atoms with Gasteiger partial charge in [-0.15, -0.1) is 0 Å². The number of nitrogens with two attached hydrogens (primary N) is 1. The van der Waals surface area contributed by atoms with Crippen LogP contribution < -0.4 is 11.1 Å². The molecule has 2 aromatic rings. The van der Waals surface area contributed by atoms with Crippen molar-refractivity contribution < 1.29 is 4.79 Å². The van der Waals surface area contributed by atoms with E-state index in [-0.39, 0.29) is 16.6 Å². The molecule has 100 valence electrons. The van der Waals surface area contributed by atoms with Crippen LogP contribution in [0.2, 0.25) is 5.15 Å². The number of aromatic nitrogens is 3. The van der Waals surface area contributed by atoms with E-state index in [2.05, 4.69) is 27.4 Å². The molecule has 0 aliphatic carbocycles. The summed E-state index contributed by atoms with van der Waals surface area (Å²) in [5.41, 5.74) is 7.15. The molecule has 0 fully saturated rings. The van der Waals surface area contributed by atoms with Crippen LogP contribution in [-0.4, -0.2) is 21.1 Å². The van der Waals surface area contributed by atoms with E-state index in [1.807, 2.05) is 0 Å². The molecule has 0 aromatic carbocycles. The lowest BCUT2D eigenvalue weighted by Crippen LogP contribution is -2.13. The van der Waals surface area contributed by atoms with Crippen LogP contribution in [-0.2, 0) is 6.42 Å². The summed E-state index contributed by atoms with van der Waals surface area (Å²) in [5.74, 6) is 0.0614. The number of aryl methyl sites for hydroxylation is 1. The summed E-state index contributed by atoms with van der Waals surface area (Å²) in [6.07, 6.45) is 3.27. The molecular weight excluding hydrogens is 266 g/mol. The van der Waals surface area contributed by atoms with Gasteiger partial charge in [0.2, 0.25) is 0 Å². The number of aromatic amines is 1. The molecule has 19 heavy (non-hydrogen) atoms. The number of H-pyrrole nitrogens is 1. The summed E-state index contributed by atoms with van der Waals surface area (Å²) in [4.78, 5) is 15.8. The molecule has 2 heterocycles. The summed E-state index contributed by atoms with van der Waals surface area (Å²) < 4.78 is 0. The Kier molecular flexibility index (Phi) is 4.01. The maximum atomic E-state index is 12.0. The van der Waals surface area contributed by atoms with Crippen LogP contribution in [0.4, 0.5) is 11.5 Å². The molecule has 0 spiro atoms. The molecule has 0 bridgehead atoms. The van der Waals surface area contributed by atoms with Crippen LogP contribution >= 0.6 is 11.6 Å². The Labute approximate surface area is 115 Å². The standard InChI is InChI=1S/C12H14ClN5O/c1-2-3-8-5-10(18-17-8)16-12(19)9-4-7(14)6-15-11(9)13/h4-6H,2-3,14H2,1H3,(H2,16,17,18,19). The second-order valence-electron chi connectivity index (χ2n) is 4.09. The Morgan fingerprint density at radius 3 is 3.05 bits per heavy atom. The van der Waals surface area contributed by atoms with Crippen molar-refractivity contribution in [3.8, 4) is 0 Å². The quantitative estimate of drug-likeness (QED) is 0.748. The number of amides is 1. The Hall–Kier alpha value is -2.08. The van der Waals surface area contributed by atoms with Gasteiger partial charge in [-0.25, -0.2) is 4.98 Å². The van der Waals surface area contributed by atoms with E-state index in [0.29, 0.717) is 11.5 Å². The minimum Gasteiger partial charge on any atom is -0.397 e. The molecule has 2 rings (SSSR count). The van der Waals surface area contributed by atoms with E-state index in [0.717, 1.165) is 18.5 Å². The normalized spacial score (nSPS) is 10.4. The zero-order valence-electron chi connectivity index (χ0n) is 10.4. The number of hydrogen-bond donors (Lipinski definition) is 3. The third-order valence-electron chi connectivity index (χ3n) is 2.50. The first-order chi connectivity index (χ1) is 9.10. The highest BCUT2D eigenvalue weighted by Gasteiger charge is 2.13. The third-order valence-corrected chi connectivity index (χ3v) is 2.80. The van der Waals surface area contributed by atoms with Gasteiger partial charge < -0.3 is 11.1 Å². The second kappa shape index (κ2) is 5.71. The average molecular weight is 280 g/mol. The SMILES string of the molecule is CCCc1cc(NC(=O)c2cc(N)cnc2Cl)n[nH]1. The van der Waals surface area contributed by atoms with Gasteiger partial charge in [0.05, 0.1) is 17.4 Å². The van der Waals surface area contributed by atoms with E-state index in [4.69, 9.17) is 17.3 Å². The molecule has 6 nitrogen and oxygen atoms in total. The fraction of sp³-hybridized carbons (Fsp3) is 0.250. The van der Waals surface area contributed by atoms with Crippen molar-refractivity contribution in [1.82, 2.24) is 15.2 Å². The Morgan fingerprint density at radius 1 is 1.53 bits per heavy atom. The lowest BCUT2D eigenvalue weighted by Gasteiger charge is -2.04. The van der Waals surface area contributed by atoms with Crippen molar-refractivity contribution in [3.63, 3.8) is 0 Å². The van der Waals surface area contributed by atoms with Crippen molar-refractivity contribution in [1.29, 1.82) is 0 Å². The van der Waals surface area contributed by atoms with E-state index in [9.17, 15) is 4.79 Å². The van der Waals surface area contributed by atoms with E-state index in [1.165, 1.54) is 12.3 Å². The van der Waals surface area contributed by atoms with Crippen LogP contribution in [0.25, 0.3) is 0 Å². The summed E-state index contributed by atoms with van der Waals surface area (Å²) in [6, 6.07) is 3.26. The number of carbonyl (C=O) groups is 1. The van der Waals surface area contributed by atoms with Crippen LogP contribution in [0, 0.1) is 0 Å². The van der Waals surface area contributed by atoms with Gasteiger partial charge in [0.15, 0.2) is 5.82 Å². The summed E-state index contributed by atoms with van der Waals surface area (Å²) >= 11 is 5.86. The molecule has 0 saturated heterocycles. The molecule has 0 saturated carbocycles. The maximum Gasteiger partial charge on any atom is 0.260 e. The number of carbonyl (C=O) groups excluding carboxylic acids is 1. The van der Waals surface area contributed by atoms with Crippen molar-refractivity contribution in [2.24, 2.45) is 0 Å². The Bertz CT molecular complexity index is 596. The first kappa shape index (κ1) is 13.4. The van der Waals surface area contributed by atoms with E-state index >= 15 is 0 Å². The van der Waals surface area contributed by atoms with Gasteiger partial charge in [0, 0.05) is 11.8 Å². The highest BCUT2D eigenvalue weighted by atomic mass is 35.5. The Balaban J connectivity index is 2.13. The molecule has 2 aromatic heterocycles. The molecule has 0 atom stereocenters. The highest BCUT2D eigenvalue weighted by molar-refractivity contribution is 6.33. The van der Waals surface area contributed by atoms with Gasteiger partial charge in [-0.3, -0.25) is 9.89 Å². The lowest BCUT2D eigenvalue weighted by molar-refractivity contribution is 0.102. The average Bonchev–Trinajstić information content (AvgIpc) is 2.80. The summed E-state index contributed by atoms with van der Waals surface area (Å²) in [5, 5.41) is 9.60. The van der Waals surface area contributed by atoms with Gasteiger partial charge in [-0.2, -0.15) is 5.10 Å². The second-order valence-corrected chi connectivity index (χ2v) is 4.45. The first-order valence-corrected chi connectivity index (χ1v) is 6.24. The van der Waals surface area contributed by atoms with Crippen LogP contribution in [0.3, 0.4) is 0 Å². The molecule has 1 amide bonds. The van der Waals surface area contributed by atoms with Gasteiger partial charge in [0.1, 0.15) is 5.15 Å². The number of pyridine rings is 1. The Morgan fingerprint density at radius 2 is 2.32 bits per heavy atom. The minimum absolute atomic E-state index is 0.107. The number of nitrogens with zero attached hydrogens (tertiary/aromatic N) is 2. The molecule has 0 unspecified atom stereocenters. The number of anilines is 2. The van der Waals surface area contributed by atoms with Crippen molar-refractivity contribution in [2.75, 3.05) is 11.1 Å². The largest absolute Gasteiger partial charge is 0.397 e. The van der Waals surface area contributed by atoms with E-state index < -0.39 is 0 Å². The van der Waals surface area contributed by atoms with Gasteiger partial charge in [0.25, 0.3) is 5.91 Å². The zero-order valence-corrected chi connectivity index (χ0v) is 11.2.